The quantitative estimate of drug-likeness (QED) is 0.338. The number of nitrogens with zero attached hydrogens (tertiary/aromatic N) is 3. The lowest BCUT2D eigenvalue weighted by atomic mass is 9.96. The zero-order chi connectivity index (χ0) is 24.2. The number of piperidine rings is 1. The Bertz CT molecular complexity index is 1310. The topological polar surface area (TPSA) is 50.2 Å². The number of halogens is 2. The molecule has 0 aliphatic carbocycles. The first-order chi connectivity index (χ1) is 17.1. The summed E-state index contributed by atoms with van der Waals surface area (Å²) in [7, 11) is 0. The van der Waals surface area contributed by atoms with E-state index in [9.17, 15) is 4.79 Å². The number of hydrogen-bond donors (Lipinski definition) is 1. The summed E-state index contributed by atoms with van der Waals surface area (Å²) >= 11 is 12.3. The Morgan fingerprint density at radius 3 is 2.40 bits per heavy atom. The van der Waals surface area contributed by atoms with Crippen molar-refractivity contribution in [2.24, 2.45) is 5.92 Å². The summed E-state index contributed by atoms with van der Waals surface area (Å²) in [5.74, 6) is 1.18. The summed E-state index contributed by atoms with van der Waals surface area (Å²) in [6.45, 7) is 3.71. The second-order valence-electron chi connectivity index (χ2n) is 9.09. The molecule has 35 heavy (non-hydrogen) atoms. The molecule has 1 aliphatic heterocycles. The van der Waals surface area contributed by atoms with Crippen molar-refractivity contribution in [1.82, 2.24) is 19.8 Å². The van der Waals surface area contributed by atoms with Gasteiger partial charge in [0.25, 0.3) is 0 Å². The maximum atomic E-state index is 12.7. The second kappa shape index (κ2) is 10.8. The second-order valence-corrected chi connectivity index (χ2v) is 9.93. The van der Waals surface area contributed by atoms with Gasteiger partial charge in [-0.3, -0.25) is 9.69 Å². The third-order valence-electron chi connectivity index (χ3n) is 6.72. The molecule has 0 atom stereocenters. The van der Waals surface area contributed by atoms with Gasteiger partial charge in [0.2, 0.25) is 5.91 Å². The Morgan fingerprint density at radius 1 is 0.914 bits per heavy atom. The molecule has 1 aromatic heterocycles. The zero-order valence-corrected chi connectivity index (χ0v) is 21.0. The average molecular weight is 507 g/mol. The van der Waals surface area contributed by atoms with Gasteiger partial charge in [0.05, 0.1) is 17.6 Å². The van der Waals surface area contributed by atoms with Crippen molar-refractivity contribution in [3.05, 3.63) is 99.8 Å². The van der Waals surface area contributed by atoms with Gasteiger partial charge < -0.3 is 9.88 Å². The number of amides is 1. The van der Waals surface area contributed by atoms with Crippen molar-refractivity contribution in [1.29, 1.82) is 0 Å². The number of aromatic nitrogens is 2. The molecule has 7 heteroatoms. The third-order valence-corrected chi connectivity index (χ3v) is 7.34. The van der Waals surface area contributed by atoms with Gasteiger partial charge in [-0.25, -0.2) is 4.98 Å². The van der Waals surface area contributed by atoms with Gasteiger partial charge >= 0.3 is 0 Å². The summed E-state index contributed by atoms with van der Waals surface area (Å²) in [4.78, 5) is 20.1. The van der Waals surface area contributed by atoms with E-state index in [4.69, 9.17) is 28.2 Å². The van der Waals surface area contributed by atoms with Gasteiger partial charge in [-0.1, -0.05) is 65.7 Å². The highest BCUT2D eigenvalue weighted by molar-refractivity contribution is 6.31. The van der Waals surface area contributed by atoms with E-state index < -0.39 is 0 Å². The molecule has 0 spiro atoms. The molecule has 5 nitrogen and oxygen atoms in total. The fourth-order valence-corrected chi connectivity index (χ4v) is 5.05. The smallest absolute Gasteiger partial charge is 0.223 e. The molecule has 1 saturated heterocycles. The van der Waals surface area contributed by atoms with E-state index in [0.29, 0.717) is 11.6 Å². The van der Waals surface area contributed by atoms with Crippen molar-refractivity contribution < 1.29 is 4.79 Å². The molecular weight excluding hydrogens is 479 g/mol. The molecule has 5 rings (SSSR count). The Balaban J connectivity index is 1.22. The average Bonchev–Trinajstić information content (AvgIpc) is 3.22. The first-order valence-electron chi connectivity index (χ1n) is 12.0. The van der Waals surface area contributed by atoms with Gasteiger partial charge in [-0.05, 0) is 67.4 Å². The predicted octanol–water partition coefficient (Wildman–Crippen LogP) is 5.92. The minimum Gasteiger partial charge on any atom is -0.352 e. The minimum atomic E-state index is 0.0293. The van der Waals surface area contributed by atoms with Gasteiger partial charge in [-0.15, -0.1) is 0 Å². The lowest BCUT2D eigenvalue weighted by Gasteiger charge is -2.31. The Kier molecular flexibility index (Phi) is 7.37. The first-order valence-corrected chi connectivity index (χ1v) is 12.7. The van der Waals surface area contributed by atoms with Crippen LogP contribution in [0.2, 0.25) is 10.0 Å². The molecule has 1 aliphatic rings. The van der Waals surface area contributed by atoms with E-state index in [-0.39, 0.29) is 11.8 Å². The number of imidazole rings is 1. The monoisotopic (exact) mass is 506 g/mol. The van der Waals surface area contributed by atoms with Crippen LogP contribution in [0.4, 0.5) is 0 Å². The highest BCUT2D eigenvalue weighted by Gasteiger charge is 2.26. The van der Waals surface area contributed by atoms with Crippen molar-refractivity contribution in [2.75, 3.05) is 13.1 Å². The van der Waals surface area contributed by atoms with Crippen LogP contribution in [-0.4, -0.2) is 33.4 Å². The fraction of sp³-hybridized carbons (Fsp3) is 0.286. The SMILES string of the molecule is O=C(NCc1ccccc1Cl)C1CCN(Cc2nc3ccccc3n2Cc2ccc(Cl)cc2)CC1. The molecular formula is C28H28Cl2N4O. The Hall–Kier alpha value is -2.86. The van der Waals surface area contributed by atoms with Crippen LogP contribution in [0.5, 0.6) is 0 Å². The van der Waals surface area contributed by atoms with Crippen molar-refractivity contribution in [2.45, 2.75) is 32.5 Å². The van der Waals surface area contributed by atoms with Crippen LogP contribution in [-0.2, 0) is 24.4 Å². The van der Waals surface area contributed by atoms with Crippen LogP contribution in [0.1, 0.15) is 29.8 Å². The Morgan fingerprint density at radius 2 is 1.63 bits per heavy atom. The molecule has 1 amide bonds. The molecule has 0 unspecified atom stereocenters. The van der Waals surface area contributed by atoms with Crippen LogP contribution in [0, 0.1) is 5.92 Å². The van der Waals surface area contributed by atoms with E-state index in [2.05, 4.69) is 45.1 Å². The maximum absolute atomic E-state index is 12.7. The molecule has 0 saturated carbocycles. The van der Waals surface area contributed by atoms with Crippen molar-refractivity contribution in [3.63, 3.8) is 0 Å². The predicted molar refractivity (Wildman–Crippen MR) is 142 cm³/mol. The number of carbonyl (C=O) groups is 1. The third kappa shape index (κ3) is 5.69. The summed E-state index contributed by atoms with van der Waals surface area (Å²) in [5.41, 5.74) is 4.27. The lowest BCUT2D eigenvalue weighted by molar-refractivity contribution is -0.126. The fourth-order valence-electron chi connectivity index (χ4n) is 4.72. The maximum Gasteiger partial charge on any atom is 0.223 e. The number of benzene rings is 3. The number of fused-ring (bicyclic) bond motifs is 1. The highest BCUT2D eigenvalue weighted by Crippen LogP contribution is 2.23. The van der Waals surface area contributed by atoms with E-state index >= 15 is 0 Å². The van der Waals surface area contributed by atoms with Crippen LogP contribution in [0.15, 0.2) is 72.8 Å². The van der Waals surface area contributed by atoms with Crippen molar-refractivity contribution in [3.8, 4) is 0 Å². The number of carbonyl (C=O) groups excluding carboxylic acids is 1. The lowest BCUT2D eigenvalue weighted by Crippen LogP contribution is -2.40. The minimum absolute atomic E-state index is 0.0293. The molecule has 1 fully saturated rings. The number of likely N-dealkylation sites (tertiary alicyclic amines) is 1. The largest absolute Gasteiger partial charge is 0.352 e. The number of para-hydroxylation sites is 2. The molecule has 180 valence electrons. The Labute approximate surface area is 215 Å². The van der Waals surface area contributed by atoms with Crippen molar-refractivity contribution >= 4 is 40.1 Å². The summed E-state index contributed by atoms with van der Waals surface area (Å²) in [5, 5.41) is 4.49. The molecule has 2 heterocycles. The van der Waals surface area contributed by atoms with E-state index in [1.807, 2.05) is 42.5 Å². The molecule has 4 aromatic rings. The first kappa shape index (κ1) is 23.9. The highest BCUT2D eigenvalue weighted by atomic mass is 35.5. The van der Waals surface area contributed by atoms with Crippen LogP contribution in [0.25, 0.3) is 11.0 Å². The standard InChI is InChI=1S/C28H28Cl2N4O/c29-23-11-9-20(10-12-23)18-34-26-8-4-3-7-25(26)32-27(34)19-33-15-13-21(14-16-33)28(35)31-17-22-5-1-2-6-24(22)30/h1-12,21H,13-19H2,(H,31,35). The van der Waals surface area contributed by atoms with Gasteiger partial charge in [0, 0.05) is 29.1 Å². The number of hydrogen-bond acceptors (Lipinski definition) is 3. The molecule has 1 N–H and O–H groups in total. The van der Waals surface area contributed by atoms with E-state index in [1.165, 1.54) is 5.56 Å². The zero-order valence-electron chi connectivity index (χ0n) is 19.5. The van der Waals surface area contributed by atoms with Gasteiger partial charge in [0.15, 0.2) is 0 Å². The van der Waals surface area contributed by atoms with Gasteiger partial charge in [-0.2, -0.15) is 0 Å². The van der Waals surface area contributed by atoms with Crippen LogP contribution >= 0.6 is 23.2 Å². The van der Waals surface area contributed by atoms with Gasteiger partial charge in [0.1, 0.15) is 5.82 Å². The van der Waals surface area contributed by atoms with Crippen LogP contribution < -0.4 is 5.32 Å². The summed E-state index contributed by atoms with van der Waals surface area (Å²) < 4.78 is 2.29. The molecule has 0 radical (unpaired) electrons. The van der Waals surface area contributed by atoms with E-state index in [1.54, 1.807) is 0 Å². The normalized spacial score (nSPS) is 14.9. The summed E-state index contributed by atoms with van der Waals surface area (Å²) in [6, 6.07) is 23.9. The van der Waals surface area contributed by atoms with Crippen LogP contribution in [0.3, 0.4) is 0 Å². The molecule has 3 aromatic carbocycles. The molecule has 0 bridgehead atoms. The number of nitrogens with one attached hydrogen (secondary N) is 1. The van der Waals surface area contributed by atoms with E-state index in [0.717, 1.165) is 66.5 Å². The summed E-state index contributed by atoms with van der Waals surface area (Å²) in [6.07, 6.45) is 1.68. The number of rotatable bonds is 7.